The third-order valence-electron chi connectivity index (χ3n) is 3.78. The minimum Gasteiger partial charge on any atom is -0.497 e. The van der Waals surface area contributed by atoms with Crippen LogP contribution in [0.2, 0.25) is 0 Å². The Bertz CT molecular complexity index is 824. The number of carboxylic acids is 1. The number of benzene rings is 2. The number of hydrogen-bond acceptors (Lipinski definition) is 3. The Hall–Kier alpha value is -3.08. The molecule has 5 nitrogen and oxygen atoms in total. The number of methoxy groups -OCH3 is 1. The van der Waals surface area contributed by atoms with Crippen LogP contribution in [0.3, 0.4) is 0 Å². The van der Waals surface area contributed by atoms with E-state index in [2.05, 4.69) is 5.10 Å². The first kappa shape index (κ1) is 15.8. The van der Waals surface area contributed by atoms with Crippen molar-refractivity contribution in [2.24, 2.45) is 0 Å². The fraction of sp³-hybridized carbons (Fsp3) is 0.158. The number of rotatable bonds is 6. The van der Waals surface area contributed by atoms with Crippen LogP contribution in [0.25, 0.3) is 16.9 Å². The molecule has 0 aliphatic rings. The van der Waals surface area contributed by atoms with Crippen molar-refractivity contribution >= 4 is 5.97 Å². The zero-order chi connectivity index (χ0) is 16.9. The van der Waals surface area contributed by atoms with Crippen LogP contribution in [-0.4, -0.2) is 28.0 Å². The van der Waals surface area contributed by atoms with E-state index in [1.54, 1.807) is 11.8 Å². The molecule has 122 valence electrons. The second kappa shape index (κ2) is 7.00. The summed E-state index contributed by atoms with van der Waals surface area (Å²) in [7, 11) is 1.63. The molecule has 0 saturated carbocycles. The van der Waals surface area contributed by atoms with Crippen molar-refractivity contribution in [1.82, 2.24) is 9.78 Å². The second-order valence-corrected chi connectivity index (χ2v) is 5.41. The molecule has 1 aromatic heterocycles. The summed E-state index contributed by atoms with van der Waals surface area (Å²) in [6, 6.07) is 17.4. The monoisotopic (exact) mass is 322 g/mol. The fourth-order valence-corrected chi connectivity index (χ4v) is 2.54. The van der Waals surface area contributed by atoms with Crippen LogP contribution in [0.15, 0.2) is 60.8 Å². The molecule has 0 amide bonds. The highest BCUT2D eigenvalue weighted by atomic mass is 16.5. The van der Waals surface area contributed by atoms with Gasteiger partial charge in [0.2, 0.25) is 0 Å². The number of aromatic nitrogens is 2. The van der Waals surface area contributed by atoms with Crippen LogP contribution in [0.4, 0.5) is 0 Å². The smallest absolute Gasteiger partial charge is 0.303 e. The van der Waals surface area contributed by atoms with Crippen molar-refractivity contribution in [3.05, 3.63) is 66.4 Å². The first-order valence-corrected chi connectivity index (χ1v) is 7.67. The lowest BCUT2D eigenvalue weighted by molar-refractivity contribution is -0.136. The number of hydrogen-bond donors (Lipinski definition) is 1. The van der Waals surface area contributed by atoms with E-state index in [0.29, 0.717) is 6.42 Å². The van der Waals surface area contributed by atoms with Gasteiger partial charge in [0.15, 0.2) is 0 Å². The molecular formula is C19H18N2O3. The lowest BCUT2D eigenvalue weighted by Gasteiger charge is -2.03. The van der Waals surface area contributed by atoms with Gasteiger partial charge in [0.1, 0.15) is 5.75 Å². The summed E-state index contributed by atoms with van der Waals surface area (Å²) in [5, 5.41) is 13.6. The number of carboxylic acid groups (broad SMARTS) is 1. The minimum absolute atomic E-state index is 0.0775. The Balaban J connectivity index is 1.99. The zero-order valence-corrected chi connectivity index (χ0v) is 13.3. The summed E-state index contributed by atoms with van der Waals surface area (Å²) in [6.07, 6.45) is 2.41. The van der Waals surface area contributed by atoms with Crippen molar-refractivity contribution < 1.29 is 14.6 Å². The Labute approximate surface area is 140 Å². The Morgan fingerprint density at radius 1 is 1.12 bits per heavy atom. The topological polar surface area (TPSA) is 64.3 Å². The van der Waals surface area contributed by atoms with Gasteiger partial charge in [0, 0.05) is 18.2 Å². The Morgan fingerprint density at radius 3 is 2.46 bits per heavy atom. The van der Waals surface area contributed by atoms with Crippen molar-refractivity contribution in [1.29, 1.82) is 0 Å². The predicted octanol–water partition coefficient (Wildman–Crippen LogP) is 3.57. The van der Waals surface area contributed by atoms with Crippen LogP contribution in [0, 0.1) is 0 Å². The maximum Gasteiger partial charge on any atom is 0.303 e. The van der Waals surface area contributed by atoms with E-state index in [-0.39, 0.29) is 6.42 Å². The Kier molecular flexibility index (Phi) is 4.61. The third kappa shape index (κ3) is 3.46. The van der Waals surface area contributed by atoms with E-state index < -0.39 is 5.97 Å². The lowest BCUT2D eigenvalue weighted by Crippen LogP contribution is -1.97. The molecule has 0 bridgehead atoms. The van der Waals surface area contributed by atoms with Crippen molar-refractivity contribution in [2.75, 3.05) is 7.11 Å². The highest BCUT2D eigenvalue weighted by Gasteiger charge is 2.13. The van der Waals surface area contributed by atoms with Crippen LogP contribution in [0.1, 0.15) is 12.0 Å². The molecule has 24 heavy (non-hydrogen) atoms. The number of ether oxygens (including phenoxy) is 1. The molecule has 0 fully saturated rings. The maximum atomic E-state index is 10.9. The maximum absolute atomic E-state index is 10.9. The molecular weight excluding hydrogens is 304 g/mol. The number of carbonyl (C=O) groups is 1. The van der Waals surface area contributed by atoms with E-state index in [0.717, 1.165) is 28.3 Å². The molecule has 0 atom stereocenters. The van der Waals surface area contributed by atoms with Crippen LogP contribution in [0.5, 0.6) is 5.75 Å². The first-order valence-electron chi connectivity index (χ1n) is 7.67. The number of aryl methyl sites for hydroxylation is 1. The summed E-state index contributed by atoms with van der Waals surface area (Å²) in [6.45, 7) is 0. The molecule has 0 aliphatic heterocycles. The number of aliphatic carboxylic acids is 1. The van der Waals surface area contributed by atoms with Gasteiger partial charge in [0.05, 0.1) is 18.5 Å². The SMILES string of the molecule is COc1ccc(-n2cc(CCC(=O)O)c(-c3ccccc3)n2)cc1. The van der Waals surface area contributed by atoms with Gasteiger partial charge in [-0.25, -0.2) is 4.68 Å². The summed E-state index contributed by atoms with van der Waals surface area (Å²) in [5.74, 6) is -0.0356. The van der Waals surface area contributed by atoms with E-state index >= 15 is 0 Å². The van der Waals surface area contributed by atoms with Crippen LogP contribution >= 0.6 is 0 Å². The molecule has 2 aromatic carbocycles. The van der Waals surface area contributed by atoms with Gasteiger partial charge >= 0.3 is 5.97 Å². The fourth-order valence-electron chi connectivity index (χ4n) is 2.54. The molecule has 1 N–H and O–H groups in total. The highest BCUT2D eigenvalue weighted by Crippen LogP contribution is 2.25. The molecule has 3 aromatic rings. The molecule has 0 spiro atoms. The lowest BCUT2D eigenvalue weighted by atomic mass is 10.0. The molecule has 0 unspecified atom stereocenters. The van der Waals surface area contributed by atoms with Gasteiger partial charge in [-0.1, -0.05) is 30.3 Å². The molecule has 1 heterocycles. The number of nitrogens with zero attached hydrogens (tertiary/aromatic N) is 2. The van der Waals surface area contributed by atoms with E-state index in [4.69, 9.17) is 9.84 Å². The zero-order valence-electron chi connectivity index (χ0n) is 13.3. The second-order valence-electron chi connectivity index (χ2n) is 5.41. The van der Waals surface area contributed by atoms with E-state index in [1.165, 1.54) is 0 Å². The first-order chi connectivity index (χ1) is 11.7. The Morgan fingerprint density at radius 2 is 1.83 bits per heavy atom. The van der Waals surface area contributed by atoms with Gasteiger partial charge in [-0.3, -0.25) is 4.79 Å². The van der Waals surface area contributed by atoms with Gasteiger partial charge < -0.3 is 9.84 Å². The van der Waals surface area contributed by atoms with E-state index in [9.17, 15) is 4.79 Å². The molecule has 0 radical (unpaired) electrons. The van der Waals surface area contributed by atoms with Gasteiger partial charge in [-0.15, -0.1) is 0 Å². The largest absolute Gasteiger partial charge is 0.497 e. The summed E-state index contributed by atoms with van der Waals surface area (Å²) < 4.78 is 6.95. The van der Waals surface area contributed by atoms with Crippen LogP contribution in [-0.2, 0) is 11.2 Å². The third-order valence-corrected chi connectivity index (χ3v) is 3.78. The molecule has 0 saturated heterocycles. The standard InChI is InChI=1S/C19H18N2O3/c1-24-17-10-8-16(9-11-17)21-13-15(7-12-18(22)23)19(20-21)14-5-3-2-4-6-14/h2-6,8-11,13H,7,12H2,1H3,(H,22,23). The van der Waals surface area contributed by atoms with E-state index in [1.807, 2.05) is 60.8 Å². The van der Waals surface area contributed by atoms with Crippen molar-refractivity contribution in [3.8, 4) is 22.7 Å². The summed E-state index contributed by atoms with van der Waals surface area (Å²) in [4.78, 5) is 10.9. The van der Waals surface area contributed by atoms with Crippen molar-refractivity contribution in [2.45, 2.75) is 12.8 Å². The molecule has 3 rings (SSSR count). The highest BCUT2D eigenvalue weighted by molar-refractivity contribution is 5.69. The van der Waals surface area contributed by atoms with Gasteiger partial charge in [-0.05, 0) is 36.2 Å². The summed E-state index contributed by atoms with van der Waals surface area (Å²) >= 11 is 0. The van der Waals surface area contributed by atoms with Gasteiger partial charge in [0.25, 0.3) is 0 Å². The average molecular weight is 322 g/mol. The summed E-state index contributed by atoms with van der Waals surface area (Å²) in [5.41, 5.74) is 3.60. The predicted molar refractivity (Wildman–Crippen MR) is 91.5 cm³/mol. The molecule has 0 aliphatic carbocycles. The minimum atomic E-state index is -0.814. The van der Waals surface area contributed by atoms with Crippen molar-refractivity contribution in [3.63, 3.8) is 0 Å². The van der Waals surface area contributed by atoms with Crippen LogP contribution < -0.4 is 4.74 Å². The average Bonchev–Trinajstić information content (AvgIpc) is 3.05. The van der Waals surface area contributed by atoms with Gasteiger partial charge in [-0.2, -0.15) is 5.10 Å². The quantitative estimate of drug-likeness (QED) is 0.753. The normalized spacial score (nSPS) is 10.5. The molecule has 5 heteroatoms.